The largest absolute Gasteiger partial charge is 0.384 e. The lowest BCUT2D eigenvalue weighted by Crippen LogP contribution is -2.12. The quantitative estimate of drug-likeness (QED) is 0.757. The number of rotatable bonds is 4. The van der Waals surface area contributed by atoms with Gasteiger partial charge in [0.25, 0.3) is 0 Å². The molecule has 0 aliphatic heterocycles. The summed E-state index contributed by atoms with van der Waals surface area (Å²) in [5.74, 6) is -0.00394. The number of hydrogen-bond donors (Lipinski definition) is 0. The van der Waals surface area contributed by atoms with Gasteiger partial charge in [-0.05, 0) is 18.6 Å². The van der Waals surface area contributed by atoms with Crippen LogP contribution in [0.4, 0.5) is 0 Å². The summed E-state index contributed by atoms with van der Waals surface area (Å²) in [6, 6.07) is 6.69. The summed E-state index contributed by atoms with van der Waals surface area (Å²) < 4.78 is 28.1. The van der Waals surface area contributed by atoms with Gasteiger partial charge in [-0.15, -0.1) is 0 Å². The summed E-state index contributed by atoms with van der Waals surface area (Å²) >= 11 is 0. The van der Waals surface area contributed by atoms with E-state index in [9.17, 15) is 8.42 Å². The molecule has 1 radical (unpaired) electrons. The van der Waals surface area contributed by atoms with Crippen LogP contribution in [0.15, 0.2) is 29.2 Å². The van der Waals surface area contributed by atoms with Crippen LogP contribution in [0.25, 0.3) is 0 Å². The zero-order valence-electron chi connectivity index (χ0n) is 8.06. The van der Waals surface area contributed by atoms with Crippen LogP contribution < -0.4 is 0 Å². The van der Waals surface area contributed by atoms with Crippen LogP contribution in [0, 0.1) is 6.92 Å². The van der Waals surface area contributed by atoms with Gasteiger partial charge in [-0.3, -0.25) is 0 Å². The molecule has 1 aromatic carbocycles. The topological polar surface area (TPSA) is 43.4 Å². The van der Waals surface area contributed by atoms with Crippen molar-refractivity contribution in [3.63, 3.8) is 0 Å². The van der Waals surface area contributed by atoms with E-state index in [1.165, 1.54) is 7.11 Å². The Morgan fingerprint density at radius 1 is 1.36 bits per heavy atom. The van der Waals surface area contributed by atoms with Crippen LogP contribution in [-0.4, -0.2) is 27.9 Å². The Kier molecular flexibility index (Phi) is 3.66. The summed E-state index contributed by atoms with van der Waals surface area (Å²) in [5.41, 5.74) is 0.531. The Morgan fingerprint density at radius 3 is 2.57 bits per heavy atom. The summed E-state index contributed by atoms with van der Waals surface area (Å²) in [7, 11) is -1.76. The molecule has 0 heterocycles. The lowest BCUT2D eigenvalue weighted by atomic mass is 10.2. The SMILES string of the molecule is [CH2]c1ccccc1S(=O)(=O)CCOC. The molecule has 0 aliphatic rings. The third-order valence-corrected chi connectivity index (χ3v) is 3.64. The van der Waals surface area contributed by atoms with E-state index in [2.05, 4.69) is 6.92 Å². The van der Waals surface area contributed by atoms with Crippen LogP contribution in [0.5, 0.6) is 0 Å². The Morgan fingerprint density at radius 2 is 2.00 bits per heavy atom. The summed E-state index contributed by atoms with van der Waals surface area (Å²) in [5, 5.41) is 0. The van der Waals surface area contributed by atoms with Gasteiger partial charge in [0.2, 0.25) is 0 Å². The van der Waals surface area contributed by atoms with Crippen molar-refractivity contribution in [2.24, 2.45) is 0 Å². The highest BCUT2D eigenvalue weighted by atomic mass is 32.2. The van der Waals surface area contributed by atoms with Crippen LogP contribution >= 0.6 is 0 Å². The number of sulfone groups is 1. The Hall–Kier alpha value is -0.870. The fourth-order valence-electron chi connectivity index (χ4n) is 1.11. The predicted molar refractivity (Wildman–Crippen MR) is 54.8 cm³/mol. The maximum absolute atomic E-state index is 11.7. The van der Waals surface area contributed by atoms with E-state index in [0.717, 1.165) is 0 Å². The van der Waals surface area contributed by atoms with Gasteiger partial charge in [-0.1, -0.05) is 18.2 Å². The zero-order chi connectivity index (χ0) is 10.6. The molecule has 0 fully saturated rings. The Balaban J connectivity index is 2.99. The van der Waals surface area contributed by atoms with E-state index < -0.39 is 9.84 Å². The molecular formula is C10H13O3S. The Bertz CT molecular complexity index is 396. The second kappa shape index (κ2) is 4.57. The first-order chi connectivity index (χ1) is 6.58. The molecule has 0 aliphatic carbocycles. The third kappa shape index (κ3) is 2.56. The highest BCUT2D eigenvalue weighted by molar-refractivity contribution is 7.91. The first-order valence-electron chi connectivity index (χ1n) is 4.20. The maximum Gasteiger partial charge on any atom is 0.180 e. The van der Waals surface area contributed by atoms with Crippen molar-refractivity contribution in [1.29, 1.82) is 0 Å². The van der Waals surface area contributed by atoms with Crippen LogP contribution in [0.2, 0.25) is 0 Å². The monoisotopic (exact) mass is 213 g/mol. The van der Waals surface area contributed by atoms with Gasteiger partial charge in [0, 0.05) is 7.11 Å². The first kappa shape index (κ1) is 11.2. The first-order valence-corrected chi connectivity index (χ1v) is 5.86. The number of methoxy groups -OCH3 is 1. The highest BCUT2D eigenvalue weighted by Gasteiger charge is 2.15. The minimum absolute atomic E-state index is 0.00394. The summed E-state index contributed by atoms with van der Waals surface area (Å²) in [6.07, 6.45) is 0. The molecule has 0 spiro atoms. The second-order valence-electron chi connectivity index (χ2n) is 2.92. The van der Waals surface area contributed by atoms with Crippen LogP contribution in [0.3, 0.4) is 0 Å². The molecule has 0 unspecified atom stereocenters. The van der Waals surface area contributed by atoms with E-state index >= 15 is 0 Å². The summed E-state index contributed by atoms with van der Waals surface area (Å²) in [4.78, 5) is 0.289. The average molecular weight is 213 g/mol. The number of ether oxygens (including phenoxy) is 1. The molecule has 0 N–H and O–H groups in total. The molecule has 1 rings (SSSR count). The second-order valence-corrected chi connectivity index (χ2v) is 5.00. The standard InChI is InChI=1S/C10H13O3S/c1-9-5-3-4-6-10(9)14(11,12)8-7-13-2/h3-6H,1,7-8H2,2H3. The fourth-order valence-corrected chi connectivity index (χ4v) is 2.47. The molecule has 0 saturated heterocycles. The molecule has 77 valence electrons. The minimum Gasteiger partial charge on any atom is -0.384 e. The fraction of sp³-hybridized carbons (Fsp3) is 0.300. The molecule has 0 atom stereocenters. The molecular weight excluding hydrogens is 200 g/mol. The smallest absolute Gasteiger partial charge is 0.180 e. The van der Waals surface area contributed by atoms with Crippen molar-refractivity contribution in [1.82, 2.24) is 0 Å². The highest BCUT2D eigenvalue weighted by Crippen LogP contribution is 2.15. The third-order valence-electron chi connectivity index (χ3n) is 1.86. The van der Waals surface area contributed by atoms with Gasteiger partial charge in [-0.25, -0.2) is 8.42 Å². The van der Waals surface area contributed by atoms with Gasteiger partial charge in [0.1, 0.15) is 0 Å². The van der Waals surface area contributed by atoms with Crippen LogP contribution in [0.1, 0.15) is 5.56 Å². The van der Waals surface area contributed by atoms with E-state index in [0.29, 0.717) is 5.56 Å². The number of hydrogen-bond acceptors (Lipinski definition) is 3. The van der Waals surface area contributed by atoms with E-state index in [4.69, 9.17) is 4.74 Å². The van der Waals surface area contributed by atoms with Crippen molar-refractivity contribution < 1.29 is 13.2 Å². The van der Waals surface area contributed by atoms with E-state index in [1.54, 1.807) is 24.3 Å². The lowest BCUT2D eigenvalue weighted by Gasteiger charge is -2.06. The van der Waals surface area contributed by atoms with Gasteiger partial charge in [-0.2, -0.15) is 0 Å². The van der Waals surface area contributed by atoms with Crippen molar-refractivity contribution in [3.8, 4) is 0 Å². The molecule has 0 bridgehead atoms. The van der Waals surface area contributed by atoms with E-state index in [1.807, 2.05) is 0 Å². The molecule has 1 aromatic rings. The lowest BCUT2D eigenvalue weighted by molar-refractivity contribution is 0.217. The van der Waals surface area contributed by atoms with Crippen molar-refractivity contribution >= 4 is 9.84 Å². The van der Waals surface area contributed by atoms with Crippen molar-refractivity contribution in [2.45, 2.75) is 4.90 Å². The van der Waals surface area contributed by atoms with Gasteiger partial charge >= 0.3 is 0 Å². The van der Waals surface area contributed by atoms with E-state index in [-0.39, 0.29) is 17.3 Å². The van der Waals surface area contributed by atoms with Crippen molar-refractivity contribution in [3.05, 3.63) is 36.8 Å². The normalized spacial score (nSPS) is 11.6. The molecule has 3 nitrogen and oxygen atoms in total. The summed E-state index contributed by atoms with van der Waals surface area (Å²) in [6.45, 7) is 3.88. The molecule has 0 aromatic heterocycles. The van der Waals surface area contributed by atoms with Crippen molar-refractivity contribution in [2.75, 3.05) is 19.5 Å². The van der Waals surface area contributed by atoms with Gasteiger partial charge < -0.3 is 4.74 Å². The molecule has 4 heteroatoms. The maximum atomic E-state index is 11.7. The van der Waals surface area contributed by atoms with Gasteiger partial charge in [0.05, 0.1) is 17.3 Å². The predicted octanol–water partition coefficient (Wildman–Crippen LogP) is 1.29. The number of benzene rings is 1. The zero-order valence-corrected chi connectivity index (χ0v) is 8.88. The molecule has 0 amide bonds. The Labute approximate surface area is 84.6 Å². The molecule has 0 saturated carbocycles. The minimum atomic E-state index is -3.24. The van der Waals surface area contributed by atoms with Gasteiger partial charge in [0.15, 0.2) is 9.84 Å². The average Bonchev–Trinajstić information content (AvgIpc) is 2.15. The molecule has 14 heavy (non-hydrogen) atoms. The van der Waals surface area contributed by atoms with Crippen LogP contribution in [-0.2, 0) is 14.6 Å².